The Hall–Kier alpha value is -2.44. The third-order valence-electron chi connectivity index (χ3n) is 2.30. The van der Waals surface area contributed by atoms with Crippen molar-refractivity contribution in [1.82, 2.24) is 20.2 Å². The molecule has 0 aliphatic heterocycles. The van der Waals surface area contributed by atoms with E-state index in [0.29, 0.717) is 11.6 Å². The van der Waals surface area contributed by atoms with Gasteiger partial charge in [-0.25, -0.2) is 4.79 Å². The summed E-state index contributed by atoms with van der Waals surface area (Å²) < 4.78 is 9.72. The standard InChI is InChI=1S/C11H12N4O3/c1-17-9-6-4-3-5-8(9)11-12-14-15(13-11)7-10(16)18-2/h3-6H,7H2,1-2H3. The molecule has 18 heavy (non-hydrogen) atoms. The molecule has 7 heteroatoms. The van der Waals surface area contributed by atoms with Gasteiger partial charge in [0.05, 0.1) is 19.8 Å². The first-order chi connectivity index (χ1) is 8.74. The molecule has 0 bridgehead atoms. The van der Waals surface area contributed by atoms with Crippen LogP contribution in [0.4, 0.5) is 0 Å². The highest BCUT2D eigenvalue weighted by Gasteiger charge is 2.12. The van der Waals surface area contributed by atoms with E-state index in [2.05, 4.69) is 20.1 Å². The molecule has 0 radical (unpaired) electrons. The molecule has 2 aromatic rings. The number of benzene rings is 1. The monoisotopic (exact) mass is 248 g/mol. The molecule has 7 nitrogen and oxygen atoms in total. The van der Waals surface area contributed by atoms with Crippen LogP contribution in [0.25, 0.3) is 11.4 Å². The number of hydrogen-bond acceptors (Lipinski definition) is 6. The number of nitrogens with zero attached hydrogens (tertiary/aromatic N) is 4. The number of ether oxygens (including phenoxy) is 2. The summed E-state index contributed by atoms with van der Waals surface area (Å²) >= 11 is 0. The number of para-hydroxylation sites is 1. The molecule has 0 saturated heterocycles. The zero-order chi connectivity index (χ0) is 13.0. The number of tetrazole rings is 1. The van der Waals surface area contributed by atoms with Crippen LogP contribution in [0.1, 0.15) is 0 Å². The molecule has 94 valence electrons. The van der Waals surface area contributed by atoms with E-state index in [1.54, 1.807) is 13.2 Å². The van der Waals surface area contributed by atoms with Crippen LogP contribution in [0.15, 0.2) is 24.3 Å². The summed E-state index contributed by atoms with van der Waals surface area (Å²) in [4.78, 5) is 12.2. The van der Waals surface area contributed by atoms with E-state index in [1.807, 2.05) is 18.2 Å². The highest BCUT2D eigenvalue weighted by Crippen LogP contribution is 2.25. The quantitative estimate of drug-likeness (QED) is 0.734. The molecule has 2 rings (SSSR count). The van der Waals surface area contributed by atoms with Gasteiger partial charge in [-0.3, -0.25) is 0 Å². The first-order valence-corrected chi connectivity index (χ1v) is 5.22. The van der Waals surface area contributed by atoms with E-state index in [9.17, 15) is 4.79 Å². The average Bonchev–Trinajstić information content (AvgIpc) is 2.86. The molecule has 1 aromatic carbocycles. The van der Waals surface area contributed by atoms with Crippen LogP contribution in [-0.2, 0) is 16.1 Å². The normalized spacial score (nSPS) is 10.1. The van der Waals surface area contributed by atoms with Gasteiger partial charge in [-0.1, -0.05) is 12.1 Å². The van der Waals surface area contributed by atoms with Crippen molar-refractivity contribution < 1.29 is 14.3 Å². The maximum atomic E-state index is 11.1. The van der Waals surface area contributed by atoms with E-state index < -0.39 is 5.97 Å². The van der Waals surface area contributed by atoms with Crippen molar-refractivity contribution in [3.05, 3.63) is 24.3 Å². The fourth-order valence-electron chi connectivity index (χ4n) is 1.43. The second-order valence-corrected chi connectivity index (χ2v) is 3.42. The summed E-state index contributed by atoms with van der Waals surface area (Å²) in [6.07, 6.45) is 0. The van der Waals surface area contributed by atoms with Gasteiger partial charge in [0.15, 0.2) is 6.54 Å². The van der Waals surface area contributed by atoms with Crippen molar-refractivity contribution in [3.8, 4) is 17.1 Å². The van der Waals surface area contributed by atoms with Crippen LogP contribution in [0.3, 0.4) is 0 Å². The van der Waals surface area contributed by atoms with Crippen LogP contribution in [0, 0.1) is 0 Å². The highest BCUT2D eigenvalue weighted by atomic mass is 16.5. The number of carbonyl (C=O) groups is 1. The Balaban J connectivity index is 2.26. The van der Waals surface area contributed by atoms with Crippen molar-refractivity contribution in [2.24, 2.45) is 0 Å². The van der Waals surface area contributed by atoms with E-state index in [1.165, 1.54) is 11.9 Å². The molecular weight excluding hydrogens is 236 g/mol. The molecule has 0 atom stereocenters. The van der Waals surface area contributed by atoms with Gasteiger partial charge < -0.3 is 9.47 Å². The second kappa shape index (κ2) is 5.26. The Morgan fingerprint density at radius 3 is 2.83 bits per heavy atom. The smallest absolute Gasteiger partial charge is 0.329 e. The Morgan fingerprint density at radius 2 is 2.11 bits per heavy atom. The molecule has 1 aromatic heterocycles. The summed E-state index contributed by atoms with van der Waals surface area (Å²) in [7, 11) is 2.87. The predicted octanol–water partition coefficient (Wildman–Crippen LogP) is 0.522. The van der Waals surface area contributed by atoms with E-state index in [4.69, 9.17) is 4.74 Å². The van der Waals surface area contributed by atoms with Crippen LogP contribution in [0.2, 0.25) is 0 Å². The van der Waals surface area contributed by atoms with Crippen molar-refractivity contribution in [2.75, 3.05) is 14.2 Å². The summed E-state index contributed by atoms with van der Waals surface area (Å²) in [5.74, 6) is 0.616. The fourth-order valence-corrected chi connectivity index (χ4v) is 1.43. The summed E-state index contributed by atoms with van der Waals surface area (Å²) in [6.45, 7) is -0.0708. The minimum absolute atomic E-state index is 0.0708. The van der Waals surface area contributed by atoms with Crippen LogP contribution < -0.4 is 4.74 Å². The van der Waals surface area contributed by atoms with Crippen LogP contribution in [0.5, 0.6) is 5.75 Å². The van der Waals surface area contributed by atoms with Gasteiger partial charge in [0.2, 0.25) is 5.82 Å². The zero-order valence-corrected chi connectivity index (χ0v) is 10.0. The molecule has 0 unspecified atom stereocenters. The third-order valence-corrected chi connectivity index (χ3v) is 2.30. The number of hydrogen-bond donors (Lipinski definition) is 0. The van der Waals surface area contributed by atoms with Crippen molar-refractivity contribution in [1.29, 1.82) is 0 Å². The molecule has 1 heterocycles. The maximum Gasteiger partial charge on any atom is 0.329 e. The Morgan fingerprint density at radius 1 is 1.33 bits per heavy atom. The van der Waals surface area contributed by atoms with Crippen LogP contribution in [-0.4, -0.2) is 40.4 Å². The van der Waals surface area contributed by atoms with Gasteiger partial charge in [-0.05, 0) is 17.3 Å². The van der Waals surface area contributed by atoms with Gasteiger partial charge in [0.1, 0.15) is 5.75 Å². The lowest BCUT2D eigenvalue weighted by atomic mass is 10.2. The molecular formula is C11H12N4O3. The molecule has 0 spiro atoms. The number of rotatable bonds is 4. The first-order valence-electron chi connectivity index (χ1n) is 5.22. The number of methoxy groups -OCH3 is 2. The maximum absolute atomic E-state index is 11.1. The Bertz CT molecular complexity index is 553. The summed E-state index contributed by atoms with van der Waals surface area (Å²) in [5.41, 5.74) is 0.719. The zero-order valence-electron chi connectivity index (χ0n) is 10.0. The third kappa shape index (κ3) is 2.45. The molecule has 0 amide bonds. The van der Waals surface area contributed by atoms with Gasteiger partial charge >= 0.3 is 5.97 Å². The summed E-state index contributed by atoms with van der Waals surface area (Å²) in [6, 6.07) is 7.31. The predicted molar refractivity (Wildman–Crippen MR) is 61.8 cm³/mol. The number of carbonyl (C=O) groups excluding carboxylic acids is 1. The Kier molecular flexibility index (Phi) is 3.52. The Labute approximate surface area is 103 Å². The van der Waals surface area contributed by atoms with Crippen molar-refractivity contribution in [3.63, 3.8) is 0 Å². The van der Waals surface area contributed by atoms with E-state index >= 15 is 0 Å². The van der Waals surface area contributed by atoms with Gasteiger partial charge in [-0.15, -0.1) is 10.2 Å². The average molecular weight is 248 g/mol. The largest absolute Gasteiger partial charge is 0.496 e. The van der Waals surface area contributed by atoms with Crippen molar-refractivity contribution in [2.45, 2.75) is 6.54 Å². The lowest BCUT2D eigenvalue weighted by Gasteiger charge is -2.03. The fraction of sp³-hybridized carbons (Fsp3) is 0.273. The van der Waals surface area contributed by atoms with Crippen LogP contribution >= 0.6 is 0 Å². The van der Waals surface area contributed by atoms with Gasteiger partial charge in [0.25, 0.3) is 0 Å². The van der Waals surface area contributed by atoms with Gasteiger partial charge in [-0.2, -0.15) is 4.80 Å². The highest BCUT2D eigenvalue weighted by molar-refractivity contribution is 5.68. The minimum Gasteiger partial charge on any atom is -0.496 e. The SMILES string of the molecule is COC(=O)Cn1nnc(-c2ccccc2OC)n1. The first kappa shape index (κ1) is 12.0. The number of aromatic nitrogens is 4. The van der Waals surface area contributed by atoms with Crippen molar-refractivity contribution >= 4 is 5.97 Å². The number of esters is 1. The molecule has 0 fully saturated rings. The molecule has 0 saturated carbocycles. The summed E-state index contributed by atoms with van der Waals surface area (Å²) in [5, 5.41) is 11.7. The van der Waals surface area contributed by atoms with Gasteiger partial charge in [0, 0.05) is 0 Å². The lowest BCUT2D eigenvalue weighted by molar-refractivity contribution is -0.141. The topological polar surface area (TPSA) is 79.1 Å². The molecule has 0 N–H and O–H groups in total. The van der Waals surface area contributed by atoms with E-state index in [-0.39, 0.29) is 6.54 Å². The second-order valence-electron chi connectivity index (χ2n) is 3.42. The lowest BCUT2D eigenvalue weighted by Crippen LogP contribution is -2.14. The minimum atomic E-state index is -0.432. The van der Waals surface area contributed by atoms with E-state index in [0.717, 1.165) is 5.56 Å². The molecule has 0 aliphatic rings. The molecule has 0 aliphatic carbocycles.